The molecule has 0 saturated heterocycles. The molecule has 0 radical (unpaired) electrons. The summed E-state index contributed by atoms with van der Waals surface area (Å²) < 4.78 is 0. The Kier molecular flexibility index (Phi) is 4.17. The summed E-state index contributed by atoms with van der Waals surface area (Å²) in [6, 6.07) is 44.7. The number of para-hydroxylation sites is 2. The van der Waals surface area contributed by atoms with E-state index in [0.29, 0.717) is 0 Å². The molecule has 0 aromatic heterocycles. The monoisotopic (exact) mass is 449 g/mol. The van der Waals surface area contributed by atoms with Gasteiger partial charge in [-0.1, -0.05) is 123 Å². The van der Waals surface area contributed by atoms with Crippen LogP contribution in [0.3, 0.4) is 0 Å². The lowest BCUT2D eigenvalue weighted by atomic mass is 9.62. The fraction of sp³-hybridized carbons (Fsp3) is 0.118. The zero-order valence-electron chi connectivity index (χ0n) is 20.0. The highest BCUT2D eigenvalue weighted by atomic mass is 14.9. The third-order valence-corrected chi connectivity index (χ3v) is 8.15. The van der Waals surface area contributed by atoms with Crippen molar-refractivity contribution in [3.63, 3.8) is 0 Å². The highest BCUT2D eigenvalue weighted by Crippen LogP contribution is 2.56. The minimum Gasteiger partial charge on any atom is -0.355 e. The number of benzene rings is 5. The molecule has 0 unspecified atom stereocenters. The number of nitrogens with one attached hydrogen (secondary N) is 1. The molecule has 1 heterocycles. The van der Waals surface area contributed by atoms with E-state index in [-0.39, 0.29) is 5.41 Å². The van der Waals surface area contributed by atoms with E-state index < -0.39 is 5.41 Å². The van der Waals surface area contributed by atoms with Gasteiger partial charge in [0.1, 0.15) is 0 Å². The Labute approximate surface area is 207 Å². The Morgan fingerprint density at radius 3 is 1.69 bits per heavy atom. The molecule has 7 rings (SSSR count). The summed E-state index contributed by atoms with van der Waals surface area (Å²) >= 11 is 0. The summed E-state index contributed by atoms with van der Waals surface area (Å²) in [5.74, 6) is 0. The van der Waals surface area contributed by atoms with Crippen LogP contribution < -0.4 is 5.32 Å². The van der Waals surface area contributed by atoms with Crippen molar-refractivity contribution < 1.29 is 0 Å². The second-order valence-electron chi connectivity index (χ2n) is 10.3. The van der Waals surface area contributed by atoms with Crippen molar-refractivity contribution in [1.29, 1.82) is 0 Å². The molecule has 1 nitrogen and oxygen atoms in total. The predicted octanol–water partition coefficient (Wildman–Crippen LogP) is 8.43. The zero-order valence-corrected chi connectivity index (χ0v) is 20.0. The molecule has 5 aromatic carbocycles. The molecule has 0 saturated carbocycles. The average Bonchev–Trinajstić information content (AvgIpc) is 3.14. The lowest BCUT2D eigenvalue weighted by Gasteiger charge is -2.43. The van der Waals surface area contributed by atoms with Gasteiger partial charge in [0.2, 0.25) is 0 Å². The summed E-state index contributed by atoms with van der Waals surface area (Å²) in [6.45, 7) is 4.72. The molecule has 1 heteroatoms. The molecule has 0 bridgehead atoms. The summed E-state index contributed by atoms with van der Waals surface area (Å²) in [7, 11) is 0. The molecular weight excluding hydrogens is 422 g/mol. The normalized spacial score (nSPS) is 15.8. The Morgan fingerprint density at radius 1 is 0.457 bits per heavy atom. The van der Waals surface area contributed by atoms with E-state index >= 15 is 0 Å². The average molecular weight is 450 g/mol. The van der Waals surface area contributed by atoms with Crippen LogP contribution in [0.1, 0.15) is 47.2 Å². The number of hydrogen-bond donors (Lipinski definition) is 1. The van der Waals surface area contributed by atoms with Crippen LogP contribution in [0.5, 0.6) is 0 Å². The lowest BCUT2D eigenvalue weighted by Crippen LogP contribution is -2.35. The molecule has 0 atom stereocenters. The summed E-state index contributed by atoms with van der Waals surface area (Å²) in [5.41, 5.74) is 12.6. The topological polar surface area (TPSA) is 12.0 Å². The van der Waals surface area contributed by atoms with Crippen LogP contribution in [0, 0.1) is 0 Å². The van der Waals surface area contributed by atoms with Crippen LogP contribution in [-0.2, 0) is 10.8 Å². The number of hydrogen-bond acceptors (Lipinski definition) is 1. The second kappa shape index (κ2) is 7.20. The first-order valence-corrected chi connectivity index (χ1v) is 12.4. The summed E-state index contributed by atoms with van der Waals surface area (Å²) in [4.78, 5) is 0. The van der Waals surface area contributed by atoms with Crippen LogP contribution in [0.25, 0.3) is 11.1 Å². The number of fused-ring (bicyclic) bond motifs is 5. The van der Waals surface area contributed by atoms with E-state index in [1.807, 2.05) is 0 Å². The van der Waals surface area contributed by atoms with Gasteiger partial charge in [0.25, 0.3) is 0 Å². The number of rotatable bonds is 2. The minimum absolute atomic E-state index is 0.0498. The predicted molar refractivity (Wildman–Crippen MR) is 146 cm³/mol. The molecule has 0 spiro atoms. The van der Waals surface area contributed by atoms with Crippen LogP contribution >= 0.6 is 0 Å². The van der Waals surface area contributed by atoms with Gasteiger partial charge in [0.05, 0.1) is 5.41 Å². The fourth-order valence-corrected chi connectivity index (χ4v) is 6.54. The fourth-order valence-electron chi connectivity index (χ4n) is 6.54. The SMILES string of the molecule is CC1(C)c2ccccc2-c2ccc(C3(c4ccccc4)c4ccccc4Nc4ccccc43)cc21. The van der Waals surface area contributed by atoms with Gasteiger partial charge >= 0.3 is 0 Å². The van der Waals surface area contributed by atoms with E-state index in [0.717, 1.165) is 11.4 Å². The third kappa shape index (κ3) is 2.64. The van der Waals surface area contributed by atoms with E-state index in [2.05, 4.69) is 140 Å². The smallest absolute Gasteiger partial charge is 0.0742 e. The van der Waals surface area contributed by atoms with Gasteiger partial charge in [-0.15, -0.1) is 0 Å². The van der Waals surface area contributed by atoms with E-state index in [9.17, 15) is 0 Å². The molecule has 0 fully saturated rings. The molecule has 0 amide bonds. The molecular formula is C34H27N. The molecule has 5 aromatic rings. The Hall–Kier alpha value is -4.10. The molecule has 1 aliphatic heterocycles. The Morgan fingerprint density at radius 2 is 1.00 bits per heavy atom. The van der Waals surface area contributed by atoms with Gasteiger partial charge in [-0.25, -0.2) is 0 Å². The Bertz CT molecular complexity index is 1550. The van der Waals surface area contributed by atoms with Crippen molar-refractivity contribution in [2.75, 3.05) is 5.32 Å². The van der Waals surface area contributed by atoms with Gasteiger partial charge in [0, 0.05) is 16.8 Å². The van der Waals surface area contributed by atoms with E-state index in [4.69, 9.17) is 0 Å². The standard InChI is InChI=1S/C34H27N/c1-33(2)27-15-7-6-14-25(27)26-21-20-24(22-30(26)33)34(23-12-4-3-5-13-23)28-16-8-10-18-31(28)35-32-19-11-9-17-29(32)34/h3-22,35H,1-2H3. The quantitative estimate of drug-likeness (QED) is 0.280. The maximum atomic E-state index is 3.72. The maximum absolute atomic E-state index is 3.72. The zero-order chi connectivity index (χ0) is 23.6. The Balaban J connectivity index is 1.60. The van der Waals surface area contributed by atoms with Gasteiger partial charge in [0.15, 0.2) is 0 Å². The highest BCUT2D eigenvalue weighted by Gasteiger charge is 2.45. The minimum atomic E-state index is -0.417. The van der Waals surface area contributed by atoms with Crippen molar-refractivity contribution >= 4 is 11.4 Å². The van der Waals surface area contributed by atoms with Crippen LogP contribution in [0.2, 0.25) is 0 Å². The molecule has 35 heavy (non-hydrogen) atoms. The highest BCUT2D eigenvalue weighted by molar-refractivity contribution is 5.85. The van der Waals surface area contributed by atoms with E-state index in [1.165, 1.54) is 44.5 Å². The van der Waals surface area contributed by atoms with Crippen molar-refractivity contribution in [2.24, 2.45) is 0 Å². The van der Waals surface area contributed by atoms with Gasteiger partial charge in [-0.05, 0) is 56.6 Å². The van der Waals surface area contributed by atoms with Crippen molar-refractivity contribution in [2.45, 2.75) is 24.7 Å². The second-order valence-corrected chi connectivity index (χ2v) is 10.3. The molecule has 2 aliphatic rings. The first-order valence-electron chi connectivity index (χ1n) is 12.4. The van der Waals surface area contributed by atoms with Gasteiger partial charge in [-0.3, -0.25) is 0 Å². The first-order chi connectivity index (χ1) is 17.1. The van der Waals surface area contributed by atoms with Crippen LogP contribution in [-0.4, -0.2) is 0 Å². The lowest BCUT2D eigenvalue weighted by molar-refractivity contribution is 0.654. The first kappa shape index (κ1) is 20.3. The molecule has 1 aliphatic carbocycles. The van der Waals surface area contributed by atoms with Gasteiger partial charge in [-0.2, -0.15) is 0 Å². The van der Waals surface area contributed by atoms with Crippen molar-refractivity contribution in [3.8, 4) is 11.1 Å². The molecule has 1 N–H and O–H groups in total. The van der Waals surface area contributed by atoms with E-state index in [1.54, 1.807) is 0 Å². The van der Waals surface area contributed by atoms with Crippen LogP contribution in [0.4, 0.5) is 11.4 Å². The molecule has 168 valence electrons. The van der Waals surface area contributed by atoms with Crippen LogP contribution in [0.15, 0.2) is 121 Å². The summed E-state index contributed by atoms with van der Waals surface area (Å²) in [6.07, 6.45) is 0. The summed E-state index contributed by atoms with van der Waals surface area (Å²) in [5, 5.41) is 3.72. The van der Waals surface area contributed by atoms with Gasteiger partial charge < -0.3 is 5.32 Å². The number of anilines is 2. The van der Waals surface area contributed by atoms with Crippen molar-refractivity contribution in [1.82, 2.24) is 0 Å². The maximum Gasteiger partial charge on any atom is 0.0742 e. The third-order valence-electron chi connectivity index (χ3n) is 8.15. The largest absolute Gasteiger partial charge is 0.355 e. The van der Waals surface area contributed by atoms with Crippen molar-refractivity contribution in [3.05, 3.63) is 155 Å².